The molecule has 0 atom stereocenters. The molecule has 1 heterocycles. The minimum Gasteiger partial charge on any atom is -0.409 e. The first kappa shape index (κ1) is 17.2. The van der Waals surface area contributed by atoms with Crippen molar-refractivity contribution in [3.63, 3.8) is 0 Å². The number of hydrogen-bond donors (Lipinski definition) is 2. The third-order valence-corrected chi connectivity index (χ3v) is 4.55. The Morgan fingerprint density at radius 3 is 2.55 bits per heavy atom. The second kappa shape index (κ2) is 7.84. The maximum Gasteiger partial charge on any atom is 0.144 e. The van der Waals surface area contributed by atoms with Crippen molar-refractivity contribution in [1.29, 1.82) is 0 Å². The monoisotopic (exact) mass is 284 g/mol. The maximum absolute atomic E-state index is 8.77. The summed E-state index contributed by atoms with van der Waals surface area (Å²) in [6.07, 6.45) is 4.65. The zero-order valence-corrected chi connectivity index (χ0v) is 13.6. The number of likely N-dealkylation sites (tertiary alicyclic amines) is 1. The Kier molecular flexibility index (Phi) is 6.76. The van der Waals surface area contributed by atoms with Crippen LogP contribution in [0.15, 0.2) is 5.16 Å². The third-order valence-electron chi connectivity index (χ3n) is 4.55. The molecule has 3 N–H and O–H groups in total. The number of amidine groups is 1. The Morgan fingerprint density at radius 1 is 1.40 bits per heavy atom. The van der Waals surface area contributed by atoms with Gasteiger partial charge in [-0.25, -0.2) is 0 Å². The highest BCUT2D eigenvalue weighted by molar-refractivity contribution is 5.85. The number of piperidine rings is 1. The Morgan fingerprint density at radius 2 is 2.00 bits per heavy atom. The summed E-state index contributed by atoms with van der Waals surface area (Å²) in [6, 6.07) is 0. The quantitative estimate of drug-likeness (QED) is 0.324. The Hall–Kier alpha value is -0.810. The van der Waals surface area contributed by atoms with Crippen LogP contribution in [0.4, 0.5) is 0 Å². The molecule has 0 aromatic heterocycles. The van der Waals surface area contributed by atoms with Gasteiger partial charge in [0.05, 0.1) is 0 Å². The summed E-state index contributed by atoms with van der Waals surface area (Å²) in [5, 5.41) is 11.9. The Labute approximate surface area is 123 Å². The summed E-state index contributed by atoms with van der Waals surface area (Å²) in [7, 11) is 4.41. The number of oxime groups is 1. The lowest BCUT2D eigenvalue weighted by Crippen LogP contribution is -2.36. The van der Waals surface area contributed by atoms with E-state index in [-0.39, 0.29) is 5.41 Å². The van der Waals surface area contributed by atoms with Crippen LogP contribution in [0.1, 0.15) is 39.5 Å². The molecule has 20 heavy (non-hydrogen) atoms. The fraction of sp³-hybridized carbons (Fsp3) is 0.933. The molecule has 118 valence electrons. The zero-order chi connectivity index (χ0) is 15.2. The van der Waals surface area contributed by atoms with E-state index in [2.05, 4.69) is 29.1 Å². The van der Waals surface area contributed by atoms with Gasteiger partial charge in [-0.1, -0.05) is 19.0 Å². The predicted molar refractivity (Wildman–Crippen MR) is 84.1 cm³/mol. The molecule has 5 nitrogen and oxygen atoms in total. The van der Waals surface area contributed by atoms with Gasteiger partial charge in [0.15, 0.2) is 0 Å². The normalized spacial score (nSPS) is 19.8. The van der Waals surface area contributed by atoms with Gasteiger partial charge in [-0.15, -0.1) is 0 Å². The van der Waals surface area contributed by atoms with Gasteiger partial charge < -0.3 is 20.7 Å². The van der Waals surface area contributed by atoms with Crippen molar-refractivity contribution in [3.8, 4) is 0 Å². The van der Waals surface area contributed by atoms with Crippen LogP contribution in [0.5, 0.6) is 0 Å². The largest absolute Gasteiger partial charge is 0.409 e. The highest BCUT2D eigenvalue weighted by Gasteiger charge is 2.23. The summed E-state index contributed by atoms with van der Waals surface area (Å²) in [6.45, 7) is 8.79. The molecule has 0 saturated carbocycles. The van der Waals surface area contributed by atoms with E-state index >= 15 is 0 Å². The molecule has 1 aliphatic heterocycles. The van der Waals surface area contributed by atoms with Crippen LogP contribution in [0.25, 0.3) is 0 Å². The van der Waals surface area contributed by atoms with Gasteiger partial charge in [0.2, 0.25) is 0 Å². The van der Waals surface area contributed by atoms with Crippen LogP contribution in [0.3, 0.4) is 0 Å². The molecule has 5 heteroatoms. The molecule has 1 saturated heterocycles. The zero-order valence-electron chi connectivity index (χ0n) is 13.6. The second-order valence-electron chi connectivity index (χ2n) is 6.98. The highest BCUT2D eigenvalue weighted by atomic mass is 16.4. The van der Waals surface area contributed by atoms with Crippen molar-refractivity contribution in [1.82, 2.24) is 9.80 Å². The van der Waals surface area contributed by atoms with Gasteiger partial charge >= 0.3 is 0 Å². The van der Waals surface area contributed by atoms with E-state index in [4.69, 9.17) is 10.9 Å². The molecule has 0 bridgehead atoms. The van der Waals surface area contributed by atoms with Crippen molar-refractivity contribution in [2.45, 2.75) is 39.5 Å². The fourth-order valence-electron chi connectivity index (χ4n) is 2.83. The van der Waals surface area contributed by atoms with Crippen molar-refractivity contribution in [2.75, 3.05) is 40.3 Å². The number of rotatable bonds is 7. The molecule has 0 unspecified atom stereocenters. The van der Waals surface area contributed by atoms with E-state index < -0.39 is 0 Å². The molecule has 0 amide bonds. The van der Waals surface area contributed by atoms with Crippen LogP contribution in [0, 0.1) is 11.3 Å². The molecular weight excluding hydrogens is 252 g/mol. The summed E-state index contributed by atoms with van der Waals surface area (Å²) < 4.78 is 0. The van der Waals surface area contributed by atoms with Gasteiger partial charge in [-0.3, -0.25) is 0 Å². The third kappa shape index (κ3) is 5.67. The first-order valence-corrected chi connectivity index (χ1v) is 7.70. The summed E-state index contributed by atoms with van der Waals surface area (Å²) >= 11 is 0. The highest BCUT2D eigenvalue weighted by Crippen LogP contribution is 2.23. The van der Waals surface area contributed by atoms with Crippen LogP contribution in [-0.2, 0) is 0 Å². The lowest BCUT2D eigenvalue weighted by atomic mass is 9.86. The molecule has 1 rings (SSSR count). The number of nitrogens with zero attached hydrogens (tertiary/aromatic N) is 3. The summed E-state index contributed by atoms with van der Waals surface area (Å²) in [4.78, 5) is 4.84. The van der Waals surface area contributed by atoms with E-state index in [1.807, 2.05) is 13.8 Å². The van der Waals surface area contributed by atoms with Gasteiger partial charge in [-0.05, 0) is 65.3 Å². The Balaban J connectivity index is 2.21. The molecule has 0 spiro atoms. The van der Waals surface area contributed by atoms with Gasteiger partial charge in [0.1, 0.15) is 5.84 Å². The molecular formula is C15H32N4O. The number of nitrogens with two attached hydrogens (primary N) is 1. The van der Waals surface area contributed by atoms with E-state index in [0.29, 0.717) is 5.84 Å². The van der Waals surface area contributed by atoms with Crippen molar-refractivity contribution >= 4 is 5.84 Å². The molecule has 0 aromatic rings. The van der Waals surface area contributed by atoms with E-state index in [1.165, 1.54) is 32.5 Å². The first-order chi connectivity index (χ1) is 9.35. The Bertz CT molecular complexity index is 309. The second-order valence-corrected chi connectivity index (χ2v) is 6.98. The molecule has 1 aliphatic rings. The standard InChI is InChI=1S/C15H32N4O/c1-15(2,14(16)17-20)8-5-9-19(4)12-13-6-10-18(3)11-7-13/h13,20H,5-12H2,1-4H3,(H2,16,17). The van der Waals surface area contributed by atoms with Gasteiger partial charge in [0.25, 0.3) is 0 Å². The topological polar surface area (TPSA) is 65.1 Å². The summed E-state index contributed by atoms with van der Waals surface area (Å²) in [5.41, 5.74) is 5.49. The van der Waals surface area contributed by atoms with Crippen molar-refractivity contribution in [2.24, 2.45) is 22.2 Å². The average Bonchev–Trinajstić information content (AvgIpc) is 2.40. The minimum absolute atomic E-state index is 0.219. The smallest absolute Gasteiger partial charge is 0.144 e. The van der Waals surface area contributed by atoms with Crippen LogP contribution >= 0.6 is 0 Å². The molecule has 1 fully saturated rings. The van der Waals surface area contributed by atoms with Crippen LogP contribution in [-0.4, -0.2) is 61.1 Å². The van der Waals surface area contributed by atoms with Crippen molar-refractivity contribution in [3.05, 3.63) is 0 Å². The number of hydrogen-bond acceptors (Lipinski definition) is 4. The lowest BCUT2D eigenvalue weighted by Gasteiger charge is -2.32. The molecule has 0 aliphatic carbocycles. The summed E-state index contributed by atoms with van der Waals surface area (Å²) in [5.74, 6) is 1.17. The van der Waals surface area contributed by atoms with Crippen molar-refractivity contribution < 1.29 is 5.21 Å². The average molecular weight is 284 g/mol. The SMILES string of the molecule is CN1CCC(CN(C)CCCC(C)(C)C(N)=NO)CC1. The van der Waals surface area contributed by atoms with Gasteiger partial charge in [-0.2, -0.15) is 0 Å². The molecule has 0 radical (unpaired) electrons. The molecule has 0 aromatic carbocycles. The predicted octanol–water partition coefficient (Wildman–Crippen LogP) is 1.81. The fourth-order valence-corrected chi connectivity index (χ4v) is 2.83. The minimum atomic E-state index is -0.219. The van der Waals surface area contributed by atoms with Crippen LogP contribution < -0.4 is 5.73 Å². The van der Waals surface area contributed by atoms with E-state index in [9.17, 15) is 0 Å². The van der Waals surface area contributed by atoms with Gasteiger partial charge in [0, 0.05) is 12.0 Å². The first-order valence-electron chi connectivity index (χ1n) is 7.70. The van der Waals surface area contributed by atoms with E-state index in [0.717, 1.165) is 25.3 Å². The lowest BCUT2D eigenvalue weighted by molar-refractivity contribution is 0.173. The van der Waals surface area contributed by atoms with E-state index in [1.54, 1.807) is 0 Å². The maximum atomic E-state index is 8.77. The van der Waals surface area contributed by atoms with Crippen LogP contribution in [0.2, 0.25) is 0 Å².